The minimum atomic E-state index is -0.228. The second kappa shape index (κ2) is 6.70. The van der Waals surface area contributed by atoms with Gasteiger partial charge >= 0.3 is 0 Å². The average Bonchev–Trinajstić information content (AvgIpc) is 2.48. The maximum absolute atomic E-state index is 12.3. The Balaban J connectivity index is 1.97. The van der Waals surface area contributed by atoms with E-state index in [1.165, 1.54) is 12.3 Å². The lowest BCUT2D eigenvalue weighted by atomic mass is 10.0. The van der Waals surface area contributed by atoms with E-state index in [9.17, 15) is 9.59 Å². The molecule has 20 heavy (non-hydrogen) atoms. The van der Waals surface area contributed by atoms with Gasteiger partial charge in [-0.25, -0.2) is 0 Å². The van der Waals surface area contributed by atoms with Crippen molar-refractivity contribution in [3.63, 3.8) is 0 Å². The van der Waals surface area contributed by atoms with Gasteiger partial charge in [-0.1, -0.05) is 13.8 Å². The number of amides is 1. The van der Waals surface area contributed by atoms with Gasteiger partial charge in [0, 0.05) is 37.0 Å². The third-order valence-electron chi connectivity index (χ3n) is 4.10. The van der Waals surface area contributed by atoms with Crippen molar-refractivity contribution in [3.05, 3.63) is 34.2 Å². The monoisotopic (exact) mass is 277 g/mol. The van der Waals surface area contributed by atoms with Crippen molar-refractivity contribution in [1.82, 2.24) is 14.8 Å². The van der Waals surface area contributed by atoms with Crippen LogP contribution in [0.1, 0.15) is 37.0 Å². The van der Waals surface area contributed by atoms with Crippen molar-refractivity contribution in [2.24, 2.45) is 0 Å². The Kier molecular flexibility index (Phi) is 4.95. The van der Waals surface area contributed by atoms with Gasteiger partial charge in [0.05, 0.1) is 0 Å². The average molecular weight is 277 g/mol. The molecule has 0 aliphatic carbocycles. The summed E-state index contributed by atoms with van der Waals surface area (Å²) in [5.74, 6) is -0.0332. The second-order valence-electron chi connectivity index (χ2n) is 5.19. The molecule has 0 bridgehead atoms. The molecule has 1 saturated heterocycles. The van der Waals surface area contributed by atoms with Crippen LogP contribution in [0.4, 0.5) is 0 Å². The van der Waals surface area contributed by atoms with Crippen LogP contribution in [0.15, 0.2) is 23.1 Å². The van der Waals surface area contributed by atoms with Crippen LogP contribution in [0.2, 0.25) is 0 Å². The van der Waals surface area contributed by atoms with E-state index in [0.717, 1.165) is 39.0 Å². The first kappa shape index (κ1) is 14.8. The van der Waals surface area contributed by atoms with Gasteiger partial charge in [0.1, 0.15) is 0 Å². The number of carbonyl (C=O) groups excluding carboxylic acids is 1. The molecular formula is C15H23N3O2. The summed E-state index contributed by atoms with van der Waals surface area (Å²) in [5, 5.41) is 0. The fraction of sp³-hybridized carbons (Fsp3) is 0.600. The topological polar surface area (TPSA) is 56.4 Å². The molecule has 0 atom stereocenters. The summed E-state index contributed by atoms with van der Waals surface area (Å²) in [4.78, 5) is 30.4. The summed E-state index contributed by atoms with van der Waals surface area (Å²) in [5.41, 5.74) is 0.254. The summed E-state index contributed by atoms with van der Waals surface area (Å²) in [6.45, 7) is 8.01. The number of aromatic amines is 1. The molecule has 1 aliphatic rings. The van der Waals surface area contributed by atoms with Crippen LogP contribution < -0.4 is 5.56 Å². The molecular weight excluding hydrogens is 254 g/mol. The summed E-state index contributed by atoms with van der Waals surface area (Å²) in [6, 6.07) is 3.62. The van der Waals surface area contributed by atoms with E-state index < -0.39 is 0 Å². The number of nitrogens with zero attached hydrogens (tertiary/aromatic N) is 2. The van der Waals surface area contributed by atoms with Crippen LogP contribution in [0.3, 0.4) is 0 Å². The number of aromatic nitrogens is 1. The van der Waals surface area contributed by atoms with Crippen LogP contribution in [0.25, 0.3) is 0 Å². The maximum atomic E-state index is 12.3. The molecule has 2 heterocycles. The SMILES string of the molecule is CCN(CC)C1CCN(C(=O)c2cc[nH]c(=O)c2)CC1. The molecule has 5 heteroatoms. The quantitative estimate of drug-likeness (QED) is 0.903. The molecule has 5 nitrogen and oxygen atoms in total. The molecule has 1 aromatic rings. The zero-order valence-corrected chi connectivity index (χ0v) is 12.3. The first-order valence-corrected chi connectivity index (χ1v) is 7.37. The summed E-state index contributed by atoms with van der Waals surface area (Å²) < 4.78 is 0. The number of hydrogen-bond acceptors (Lipinski definition) is 3. The van der Waals surface area contributed by atoms with E-state index in [1.54, 1.807) is 6.07 Å². The Hall–Kier alpha value is -1.62. The Labute approximate surface area is 119 Å². The standard InChI is InChI=1S/C15H23N3O2/c1-3-17(4-2)13-6-9-18(10-7-13)15(20)12-5-8-16-14(19)11-12/h5,8,11,13H,3-4,6-7,9-10H2,1-2H3,(H,16,19). The van der Waals surface area contributed by atoms with Gasteiger partial charge in [-0.3, -0.25) is 9.59 Å². The first-order chi connectivity index (χ1) is 9.65. The predicted molar refractivity (Wildman–Crippen MR) is 78.9 cm³/mol. The fourth-order valence-corrected chi connectivity index (χ4v) is 2.93. The molecule has 0 unspecified atom stereocenters. The number of hydrogen-bond donors (Lipinski definition) is 1. The Bertz CT molecular complexity index is 500. The highest BCUT2D eigenvalue weighted by molar-refractivity contribution is 5.94. The first-order valence-electron chi connectivity index (χ1n) is 7.37. The Morgan fingerprint density at radius 3 is 2.55 bits per heavy atom. The zero-order chi connectivity index (χ0) is 14.5. The van der Waals surface area contributed by atoms with Gasteiger partial charge in [-0.15, -0.1) is 0 Å². The lowest BCUT2D eigenvalue weighted by molar-refractivity contribution is 0.0631. The zero-order valence-electron chi connectivity index (χ0n) is 12.3. The van der Waals surface area contributed by atoms with E-state index in [2.05, 4.69) is 23.7 Å². The molecule has 1 fully saturated rings. The minimum Gasteiger partial charge on any atom is -0.339 e. The van der Waals surface area contributed by atoms with Gasteiger partial charge in [-0.05, 0) is 32.0 Å². The minimum absolute atomic E-state index is 0.0332. The van der Waals surface area contributed by atoms with E-state index in [0.29, 0.717) is 11.6 Å². The molecule has 1 aromatic heterocycles. The van der Waals surface area contributed by atoms with Crippen LogP contribution in [0, 0.1) is 0 Å². The molecule has 1 amide bonds. The van der Waals surface area contributed by atoms with Crippen molar-refractivity contribution >= 4 is 5.91 Å². The lowest BCUT2D eigenvalue weighted by Gasteiger charge is -2.37. The number of piperidine rings is 1. The third-order valence-corrected chi connectivity index (χ3v) is 4.10. The molecule has 0 spiro atoms. The smallest absolute Gasteiger partial charge is 0.254 e. The summed E-state index contributed by atoms with van der Waals surface area (Å²) in [7, 11) is 0. The predicted octanol–water partition coefficient (Wildman–Crippen LogP) is 1.32. The van der Waals surface area contributed by atoms with Gasteiger partial charge < -0.3 is 14.8 Å². The molecule has 0 radical (unpaired) electrons. The van der Waals surface area contributed by atoms with Gasteiger partial charge in [0.15, 0.2) is 0 Å². The molecule has 2 rings (SSSR count). The van der Waals surface area contributed by atoms with Crippen molar-refractivity contribution in [2.75, 3.05) is 26.2 Å². The molecule has 0 aromatic carbocycles. The highest BCUT2D eigenvalue weighted by Gasteiger charge is 2.26. The largest absolute Gasteiger partial charge is 0.339 e. The second-order valence-corrected chi connectivity index (χ2v) is 5.19. The number of rotatable bonds is 4. The number of carbonyl (C=O) groups is 1. The number of likely N-dealkylation sites (tertiary alicyclic amines) is 1. The van der Waals surface area contributed by atoms with Crippen LogP contribution in [-0.4, -0.2) is 52.9 Å². The van der Waals surface area contributed by atoms with E-state index >= 15 is 0 Å². The number of nitrogens with one attached hydrogen (secondary N) is 1. The summed E-state index contributed by atoms with van der Waals surface area (Å²) in [6.07, 6.45) is 3.55. The van der Waals surface area contributed by atoms with E-state index in [-0.39, 0.29) is 11.5 Å². The molecule has 110 valence electrons. The molecule has 1 aliphatic heterocycles. The third kappa shape index (κ3) is 3.28. The Morgan fingerprint density at radius 1 is 1.35 bits per heavy atom. The van der Waals surface area contributed by atoms with Crippen molar-refractivity contribution < 1.29 is 4.79 Å². The molecule has 0 saturated carbocycles. The fourth-order valence-electron chi connectivity index (χ4n) is 2.93. The van der Waals surface area contributed by atoms with Crippen LogP contribution >= 0.6 is 0 Å². The van der Waals surface area contributed by atoms with Crippen molar-refractivity contribution in [3.8, 4) is 0 Å². The van der Waals surface area contributed by atoms with Gasteiger partial charge in [0.2, 0.25) is 5.56 Å². The normalized spacial score (nSPS) is 16.6. The maximum Gasteiger partial charge on any atom is 0.254 e. The van der Waals surface area contributed by atoms with Crippen LogP contribution in [-0.2, 0) is 0 Å². The van der Waals surface area contributed by atoms with Crippen molar-refractivity contribution in [1.29, 1.82) is 0 Å². The lowest BCUT2D eigenvalue weighted by Crippen LogP contribution is -2.46. The summed E-state index contributed by atoms with van der Waals surface area (Å²) >= 11 is 0. The van der Waals surface area contributed by atoms with Gasteiger partial charge in [-0.2, -0.15) is 0 Å². The highest BCUT2D eigenvalue weighted by Crippen LogP contribution is 2.17. The highest BCUT2D eigenvalue weighted by atomic mass is 16.2. The molecule has 1 N–H and O–H groups in total. The number of pyridine rings is 1. The van der Waals surface area contributed by atoms with Crippen LogP contribution in [0.5, 0.6) is 0 Å². The Morgan fingerprint density at radius 2 is 2.00 bits per heavy atom. The van der Waals surface area contributed by atoms with E-state index in [4.69, 9.17) is 0 Å². The number of H-pyrrole nitrogens is 1. The van der Waals surface area contributed by atoms with Crippen molar-refractivity contribution in [2.45, 2.75) is 32.7 Å². The van der Waals surface area contributed by atoms with E-state index in [1.807, 2.05) is 4.90 Å². The van der Waals surface area contributed by atoms with Gasteiger partial charge in [0.25, 0.3) is 5.91 Å².